The molecule has 182 valence electrons. The molecule has 0 saturated carbocycles. The molecule has 2 aliphatic rings. The third kappa shape index (κ3) is 4.52. The van der Waals surface area contributed by atoms with Crippen LogP contribution in [0, 0.1) is 22.0 Å². The lowest BCUT2D eigenvalue weighted by atomic mass is 9.79. The third-order valence-corrected chi connectivity index (χ3v) is 7.48. The standard InChI is InChI=1S/C24H23N3O7S/c1-12-19-18(13(2)28)23(30)26(19)20(21(12)35-17-9-5-15(6-10-17)22(25)29)24(31)34-11-14-3-7-16(8-4-14)27(32)33/h3-10,12-13,18-19,28H,11H2,1-2H3,(H2,25,29)/t12-,13-,18-,19-/m1/s1. The number of aliphatic hydroxyl groups excluding tert-OH is 1. The molecular weight excluding hydrogens is 474 g/mol. The maximum absolute atomic E-state index is 13.2. The molecule has 0 bridgehead atoms. The van der Waals surface area contributed by atoms with Crippen molar-refractivity contribution in [2.24, 2.45) is 17.6 Å². The Labute approximate surface area is 204 Å². The van der Waals surface area contributed by atoms with Gasteiger partial charge in [0.1, 0.15) is 12.3 Å². The number of aliphatic hydroxyl groups is 1. The highest BCUT2D eigenvalue weighted by atomic mass is 32.2. The van der Waals surface area contributed by atoms with Crippen molar-refractivity contribution in [1.82, 2.24) is 4.90 Å². The van der Waals surface area contributed by atoms with Crippen molar-refractivity contribution < 1.29 is 29.2 Å². The van der Waals surface area contributed by atoms with Crippen LogP contribution in [0.25, 0.3) is 0 Å². The number of fused-ring (bicyclic) bond motifs is 1. The van der Waals surface area contributed by atoms with Gasteiger partial charge in [0.25, 0.3) is 5.69 Å². The molecule has 2 amide bonds. The predicted octanol–water partition coefficient (Wildman–Crippen LogP) is 2.60. The van der Waals surface area contributed by atoms with Crippen LogP contribution in [0.4, 0.5) is 5.69 Å². The number of amides is 2. The third-order valence-electron chi connectivity index (χ3n) is 6.19. The number of benzene rings is 2. The van der Waals surface area contributed by atoms with E-state index in [2.05, 4.69) is 0 Å². The molecule has 1 saturated heterocycles. The molecular formula is C24H23N3O7S. The maximum atomic E-state index is 13.2. The summed E-state index contributed by atoms with van der Waals surface area (Å²) >= 11 is 1.28. The molecule has 4 atom stereocenters. The van der Waals surface area contributed by atoms with Gasteiger partial charge in [0.15, 0.2) is 0 Å². The van der Waals surface area contributed by atoms with Gasteiger partial charge >= 0.3 is 5.97 Å². The van der Waals surface area contributed by atoms with Crippen molar-refractivity contribution in [2.75, 3.05) is 0 Å². The Morgan fingerprint density at radius 3 is 2.37 bits per heavy atom. The van der Waals surface area contributed by atoms with Crippen LogP contribution in [0.5, 0.6) is 0 Å². The summed E-state index contributed by atoms with van der Waals surface area (Å²) in [7, 11) is 0. The van der Waals surface area contributed by atoms with Crippen molar-refractivity contribution >= 4 is 35.2 Å². The first-order valence-corrected chi connectivity index (χ1v) is 11.6. The van der Waals surface area contributed by atoms with Gasteiger partial charge in [-0.3, -0.25) is 19.7 Å². The Bertz CT molecular complexity index is 1220. The summed E-state index contributed by atoms with van der Waals surface area (Å²) < 4.78 is 5.48. The number of esters is 1. The molecule has 10 nitrogen and oxygen atoms in total. The molecule has 35 heavy (non-hydrogen) atoms. The van der Waals surface area contributed by atoms with Gasteiger partial charge in [0.2, 0.25) is 11.8 Å². The van der Waals surface area contributed by atoms with E-state index in [1.165, 1.54) is 40.9 Å². The van der Waals surface area contributed by atoms with E-state index in [0.29, 0.717) is 16.0 Å². The van der Waals surface area contributed by atoms with Crippen molar-refractivity contribution in [2.45, 2.75) is 37.5 Å². The highest BCUT2D eigenvalue weighted by Crippen LogP contribution is 2.52. The molecule has 0 aliphatic carbocycles. The summed E-state index contributed by atoms with van der Waals surface area (Å²) in [5.41, 5.74) is 6.25. The number of rotatable bonds is 8. The Morgan fingerprint density at radius 1 is 1.20 bits per heavy atom. The van der Waals surface area contributed by atoms with Crippen LogP contribution in [0.1, 0.15) is 29.8 Å². The smallest absolute Gasteiger partial charge is 0.356 e. The van der Waals surface area contributed by atoms with Crippen molar-refractivity contribution in [1.29, 1.82) is 0 Å². The summed E-state index contributed by atoms with van der Waals surface area (Å²) in [6.07, 6.45) is -0.872. The zero-order valence-corrected chi connectivity index (χ0v) is 19.7. The molecule has 1 fully saturated rings. The molecule has 0 spiro atoms. The van der Waals surface area contributed by atoms with E-state index in [1.54, 1.807) is 31.2 Å². The normalized spacial score (nSPS) is 21.9. The van der Waals surface area contributed by atoms with Gasteiger partial charge in [-0.05, 0) is 48.9 Å². The van der Waals surface area contributed by atoms with Crippen LogP contribution >= 0.6 is 11.8 Å². The first-order valence-electron chi connectivity index (χ1n) is 10.8. The number of nitrogens with zero attached hydrogens (tertiary/aromatic N) is 2. The van der Waals surface area contributed by atoms with Crippen LogP contribution in [0.15, 0.2) is 64.0 Å². The minimum Gasteiger partial charge on any atom is -0.456 e. The number of hydrogen-bond acceptors (Lipinski definition) is 8. The van der Waals surface area contributed by atoms with Gasteiger partial charge in [-0.1, -0.05) is 18.7 Å². The van der Waals surface area contributed by atoms with Gasteiger partial charge in [-0.15, -0.1) is 0 Å². The summed E-state index contributed by atoms with van der Waals surface area (Å²) in [6.45, 7) is 3.30. The second kappa shape index (κ2) is 9.51. The number of hydrogen-bond donors (Lipinski definition) is 2. The van der Waals surface area contributed by atoms with Crippen LogP contribution in [0.2, 0.25) is 0 Å². The highest BCUT2D eigenvalue weighted by Gasteiger charge is 2.60. The second-order valence-corrected chi connectivity index (χ2v) is 9.57. The molecule has 2 aromatic carbocycles. The Hall–Kier alpha value is -3.70. The summed E-state index contributed by atoms with van der Waals surface area (Å²) in [6, 6.07) is 11.8. The SMILES string of the molecule is C[C@@H](O)[C@H]1C(=O)N2C(C(=O)OCc3ccc([N+](=O)[O-])cc3)=C(Sc3ccc(C(N)=O)cc3)[C@H](C)[C@H]12. The fraction of sp³-hybridized carbons (Fsp3) is 0.292. The number of thioether (sulfide) groups is 1. The quantitative estimate of drug-likeness (QED) is 0.244. The molecule has 0 radical (unpaired) electrons. The zero-order valence-electron chi connectivity index (χ0n) is 18.9. The molecule has 2 heterocycles. The van der Waals surface area contributed by atoms with E-state index in [0.717, 1.165) is 4.90 Å². The number of non-ortho nitro benzene ring substituents is 1. The summed E-state index contributed by atoms with van der Waals surface area (Å²) in [5.74, 6) is -2.47. The number of carbonyl (C=O) groups excluding carboxylic acids is 3. The average Bonchev–Trinajstić information content (AvgIpc) is 3.06. The zero-order chi connectivity index (χ0) is 25.4. The van der Waals surface area contributed by atoms with E-state index in [-0.39, 0.29) is 35.9 Å². The van der Waals surface area contributed by atoms with E-state index >= 15 is 0 Å². The lowest BCUT2D eigenvalue weighted by Gasteiger charge is -2.46. The fourth-order valence-corrected chi connectivity index (χ4v) is 5.52. The molecule has 2 aromatic rings. The van der Waals surface area contributed by atoms with Gasteiger partial charge in [-0.25, -0.2) is 4.79 Å². The lowest BCUT2D eigenvalue weighted by Crippen LogP contribution is -2.63. The largest absolute Gasteiger partial charge is 0.456 e. The second-order valence-electron chi connectivity index (χ2n) is 8.46. The Balaban J connectivity index is 1.60. The van der Waals surface area contributed by atoms with E-state index in [9.17, 15) is 29.6 Å². The number of nitro groups is 1. The minimum atomic E-state index is -0.872. The van der Waals surface area contributed by atoms with E-state index in [1.807, 2.05) is 6.92 Å². The van der Waals surface area contributed by atoms with Crippen molar-refractivity contribution in [3.63, 3.8) is 0 Å². The van der Waals surface area contributed by atoms with Crippen molar-refractivity contribution in [3.05, 3.63) is 80.4 Å². The van der Waals surface area contributed by atoms with Crippen LogP contribution in [0.3, 0.4) is 0 Å². The summed E-state index contributed by atoms with van der Waals surface area (Å²) in [4.78, 5) is 50.4. The van der Waals surface area contributed by atoms with E-state index < -0.39 is 28.8 Å². The van der Waals surface area contributed by atoms with Gasteiger partial charge in [-0.2, -0.15) is 0 Å². The fourth-order valence-electron chi connectivity index (χ4n) is 4.39. The number of nitrogens with two attached hydrogens (primary N) is 1. The van der Waals surface area contributed by atoms with Crippen LogP contribution in [-0.4, -0.2) is 44.9 Å². The monoisotopic (exact) mass is 497 g/mol. The number of primary amides is 1. The highest BCUT2D eigenvalue weighted by molar-refractivity contribution is 8.03. The minimum absolute atomic E-state index is 0.0772. The number of β-lactam (4-membered cyclic amide) rings is 1. The lowest BCUT2D eigenvalue weighted by molar-refractivity contribution is -0.384. The molecule has 0 aromatic heterocycles. The first kappa shape index (κ1) is 24.4. The molecule has 0 unspecified atom stereocenters. The van der Waals surface area contributed by atoms with Crippen molar-refractivity contribution in [3.8, 4) is 0 Å². The number of nitro benzene ring substituents is 1. The molecule has 2 aliphatic heterocycles. The van der Waals surface area contributed by atoms with Gasteiger partial charge in [0.05, 0.1) is 23.0 Å². The number of carbonyl (C=O) groups is 3. The van der Waals surface area contributed by atoms with Gasteiger partial charge < -0.3 is 20.5 Å². The predicted molar refractivity (Wildman–Crippen MR) is 126 cm³/mol. The summed E-state index contributed by atoms with van der Waals surface area (Å²) in [5, 5.41) is 21.0. The first-order chi connectivity index (χ1) is 16.6. The average molecular weight is 498 g/mol. The van der Waals surface area contributed by atoms with Crippen LogP contribution < -0.4 is 5.73 Å². The molecule has 4 rings (SSSR count). The van der Waals surface area contributed by atoms with E-state index in [4.69, 9.17) is 10.5 Å². The maximum Gasteiger partial charge on any atom is 0.356 e. The number of ether oxygens (including phenoxy) is 1. The molecule has 3 N–H and O–H groups in total. The Morgan fingerprint density at radius 2 is 1.83 bits per heavy atom. The van der Waals surface area contributed by atoms with Crippen LogP contribution in [-0.2, 0) is 20.9 Å². The Kier molecular flexibility index (Phi) is 6.64. The topological polar surface area (TPSA) is 153 Å². The van der Waals surface area contributed by atoms with Gasteiger partial charge in [0, 0.05) is 33.4 Å². The molecule has 11 heteroatoms.